The number of piperidine rings is 1. The van der Waals surface area contributed by atoms with Crippen LogP contribution in [0.1, 0.15) is 50.4 Å². The number of fused-ring (bicyclic) bond motifs is 3. The van der Waals surface area contributed by atoms with Gasteiger partial charge in [-0.3, -0.25) is 4.79 Å². The number of aromatic nitrogens is 1. The van der Waals surface area contributed by atoms with Gasteiger partial charge in [0, 0.05) is 54.6 Å². The zero-order valence-corrected chi connectivity index (χ0v) is 23.9. The first kappa shape index (κ1) is 26.7. The lowest BCUT2D eigenvalue weighted by Gasteiger charge is -2.38. The zero-order valence-electron chi connectivity index (χ0n) is 23.9. The Hall–Kier alpha value is -4.46. The molecule has 1 aromatic heterocycles. The van der Waals surface area contributed by atoms with Crippen LogP contribution in [-0.4, -0.2) is 55.8 Å². The summed E-state index contributed by atoms with van der Waals surface area (Å²) in [6, 6.07) is 19.4. The second kappa shape index (κ2) is 10.5. The highest BCUT2D eigenvalue weighted by Gasteiger charge is 2.48. The Balaban J connectivity index is 1.28. The number of nitrogens with zero attached hydrogens (tertiary/aromatic N) is 2. The fourth-order valence-electron chi connectivity index (χ4n) is 6.37. The number of hydrogen-bond acceptors (Lipinski definition) is 6. The van der Waals surface area contributed by atoms with Crippen LogP contribution in [0.15, 0.2) is 60.7 Å². The summed E-state index contributed by atoms with van der Waals surface area (Å²) in [6.45, 7) is 3.70. The van der Waals surface area contributed by atoms with E-state index in [4.69, 9.17) is 18.9 Å². The number of benzene rings is 3. The highest BCUT2D eigenvalue weighted by molar-refractivity contribution is 6.09. The summed E-state index contributed by atoms with van der Waals surface area (Å²) in [5.74, 6) is 1.80. The predicted octanol–water partition coefficient (Wildman–Crippen LogP) is 5.52. The lowest BCUT2D eigenvalue weighted by molar-refractivity contribution is -0.0389. The van der Waals surface area contributed by atoms with Crippen molar-refractivity contribution in [2.45, 2.75) is 38.3 Å². The SMILES string of the molecule is COc1ccc2c(c1)c(C(=O)N1CCC3(CC1)OC(=O)c1ccccc13)c(C)n2CCc1ccc(OC)c(OC)c1. The van der Waals surface area contributed by atoms with Gasteiger partial charge in [-0.15, -0.1) is 0 Å². The number of carbonyl (C=O) groups is 2. The van der Waals surface area contributed by atoms with E-state index in [-0.39, 0.29) is 11.9 Å². The predicted molar refractivity (Wildman–Crippen MR) is 155 cm³/mol. The molecule has 3 aromatic carbocycles. The van der Waals surface area contributed by atoms with Gasteiger partial charge in [0.2, 0.25) is 0 Å². The van der Waals surface area contributed by atoms with Gasteiger partial charge in [-0.1, -0.05) is 24.3 Å². The van der Waals surface area contributed by atoms with Gasteiger partial charge < -0.3 is 28.4 Å². The van der Waals surface area contributed by atoms with Crippen LogP contribution in [0.5, 0.6) is 17.2 Å². The van der Waals surface area contributed by atoms with Crippen molar-refractivity contribution in [3.63, 3.8) is 0 Å². The van der Waals surface area contributed by atoms with E-state index in [1.807, 2.05) is 72.5 Å². The van der Waals surface area contributed by atoms with Gasteiger partial charge in [-0.25, -0.2) is 4.79 Å². The number of carbonyl (C=O) groups excluding carboxylic acids is 2. The van der Waals surface area contributed by atoms with Crippen LogP contribution in [0.2, 0.25) is 0 Å². The number of aryl methyl sites for hydroxylation is 2. The van der Waals surface area contributed by atoms with Gasteiger partial charge in [0.25, 0.3) is 5.91 Å². The Morgan fingerprint density at radius 2 is 1.68 bits per heavy atom. The maximum atomic E-state index is 14.1. The van der Waals surface area contributed by atoms with Crippen LogP contribution >= 0.6 is 0 Å². The second-order valence-electron chi connectivity index (χ2n) is 10.7. The van der Waals surface area contributed by atoms with E-state index < -0.39 is 5.60 Å². The molecule has 2 aliphatic rings. The van der Waals surface area contributed by atoms with E-state index >= 15 is 0 Å². The lowest BCUT2D eigenvalue weighted by Crippen LogP contribution is -2.45. The molecule has 0 radical (unpaired) electrons. The Kier molecular flexibility index (Phi) is 6.85. The Labute approximate surface area is 239 Å². The maximum Gasteiger partial charge on any atom is 0.339 e. The quantitative estimate of drug-likeness (QED) is 0.280. The molecule has 41 heavy (non-hydrogen) atoms. The molecule has 0 bridgehead atoms. The largest absolute Gasteiger partial charge is 0.497 e. The van der Waals surface area contributed by atoms with E-state index in [1.54, 1.807) is 21.3 Å². The first-order valence-electron chi connectivity index (χ1n) is 13.9. The van der Waals surface area contributed by atoms with E-state index in [2.05, 4.69) is 4.57 Å². The lowest BCUT2D eigenvalue weighted by atomic mass is 9.83. The molecule has 212 valence electrons. The number of ether oxygens (including phenoxy) is 4. The summed E-state index contributed by atoms with van der Waals surface area (Å²) >= 11 is 0. The van der Waals surface area contributed by atoms with Crippen molar-refractivity contribution in [3.8, 4) is 17.2 Å². The Bertz CT molecular complexity index is 1650. The average molecular weight is 555 g/mol. The third-order valence-electron chi connectivity index (χ3n) is 8.60. The molecular weight excluding hydrogens is 520 g/mol. The van der Waals surface area contributed by atoms with Gasteiger partial charge in [0.05, 0.1) is 32.5 Å². The monoisotopic (exact) mass is 554 g/mol. The summed E-state index contributed by atoms with van der Waals surface area (Å²) in [5, 5.41) is 0.872. The topological polar surface area (TPSA) is 79.2 Å². The normalized spacial score (nSPS) is 15.6. The second-order valence-corrected chi connectivity index (χ2v) is 10.7. The molecule has 3 heterocycles. The molecule has 1 saturated heterocycles. The van der Waals surface area contributed by atoms with Crippen LogP contribution in [0, 0.1) is 6.92 Å². The smallest absolute Gasteiger partial charge is 0.339 e. The van der Waals surface area contributed by atoms with Gasteiger partial charge in [-0.05, 0) is 55.3 Å². The Morgan fingerprint density at radius 1 is 0.927 bits per heavy atom. The summed E-state index contributed by atoms with van der Waals surface area (Å²) in [7, 11) is 4.89. The standard InChI is InChI=1S/C33H34N2O6/c1-21-30(31(36)34-17-14-33(15-18-34)26-8-6-5-7-24(26)32(37)41-33)25-20-23(38-2)10-11-27(25)35(21)16-13-22-9-12-28(39-3)29(19-22)40-4/h5-12,19-20H,13-18H2,1-4H3. The molecule has 8 heteroatoms. The number of esters is 1. The van der Waals surface area contributed by atoms with Crippen molar-refractivity contribution in [2.24, 2.45) is 0 Å². The number of likely N-dealkylation sites (tertiary alicyclic amines) is 1. The molecule has 6 rings (SSSR count). The number of rotatable bonds is 7. The molecule has 1 amide bonds. The molecule has 4 aromatic rings. The number of methoxy groups -OCH3 is 3. The van der Waals surface area contributed by atoms with E-state index in [9.17, 15) is 9.59 Å². The van der Waals surface area contributed by atoms with Crippen molar-refractivity contribution < 1.29 is 28.5 Å². The van der Waals surface area contributed by atoms with E-state index in [1.165, 1.54) is 0 Å². The van der Waals surface area contributed by atoms with Gasteiger partial charge in [0.15, 0.2) is 11.5 Å². The van der Waals surface area contributed by atoms with Crippen LogP contribution in [0.25, 0.3) is 10.9 Å². The molecule has 1 fully saturated rings. The highest BCUT2D eigenvalue weighted by Crippen LogP contribution is 2.44. The summed E-state index contributed by atoms with van der Waals surface area (Å²) in [4.78, 5) is 28.5. The van der Waals surface area contributed by atoms with Crippen molar-refractivity contribution in [2.75, 3.05) is 34.4 Å². The molecule has 2 aliphatic heterocycles. The van der Waals surface area contributed by atoms with Crippen molar-refractivity contribution in [1.82, 2.24) is 9.47 Å². The molecule has 8 nitrogen and oxygen atoms in total. The first-order valence-corrected chi connectivity index (χ1v) is 13.9. The molecular formula is C33H34N2O6. The number of amides is 1. The summed E-state index contributed by atoms with van der Waals surface area (Å²) in [5.41, 5.74) is 4.60. The molecule has 0 atom stereocenters. The van der Waals surface area contributed by atoms with Crippen LogP contribution in [0.4, 0.5) is 0 Å². The Morgan fingerprint density at radius 3 is 2.41 bits per heavy atom. The molecule has 0 saturated carbocycles. The maximum absolute atomic E-state index is 14.1. The van der Waals surface area contributed by atoms with Crippen molar-refractivity contribution in [3.05, 3.63) is 88.6 Å². The van der Waals surface area contributed by atoms with Gasteiger partial charge in [0.1, 0.15) is 11.4 Å². The van der Waals surface area contributed by atoms with Crippen molar-refractivity contribution >= 4 is 22.8 Å². The first-order chi connectivity index (χ1) is 19.9. The molecule has 0 aliphatic carbocycles. The average Bonchev–Trinajstić information content (AvgIpc) is 3.44. The zero-order chi connectivity index (χ0) is 28.7. The van der Waals surface area contributed by atoms with Crippen LogP contribution < -0.4 is 14.2 Å². The van der Waals surface area contributed by atoms with Crippen LogP contribution in [-0.2, 0) is 23.3 Å². The summed E-state index contributed by atoms with van der Waals surface area (Å²) in [6.07, 6.45) is 1.89. The minimum absolute atomic E-state index is 0.0157. The minimum Gasteiger partial charge on any atom is -0.497 e. The minimum atomic E-state index is -0.657. The third kappa shape index (κ3) is 4.47. The van der Waals surface area contributed by atoms with Crippen molar-refractivity contribution in [1.29, 1.82) is 0 Å². The van der Waals surface area contributed by atoms with Gasteiger partial charge >= 0.3 is 5.97 Å². The third-order valence-corrected chi connectivity index (χ3v) is 8.60. The van der Waals surface area contributed by atoms with E-state index in [0.29, 0.717) is 60.9 Å². The molecule has 0 unspecified atom stereocenters. The van der Waals surface area contributed by atoms with E-state index in [0.717, 1.165) is 34.1 Å². The number of hydrogen-bond donors (Lipinski definition) is 0. The summed E-state index contributed by atoms with van der Waals surface area (Å²) < 4.78 is 24.5. The molecule has 0 N–H and O–H groups in total. The fourth-order valence-corrected chi connectivity index (χ4v) is 6.37. The highest BCUT2D eigenvalue weighted by atomic mass is 16.6. The van der Waals surface area contributed by atoms with Gasteiger partial charge in [-0.2, -0.15) is 0 Å². The van der Waals surface area contributed by atoms with Crippen LogP contribution in [0.3, 0.4) is 0 Å². The molecule has 1 spiro atoms. The fraction of sp³-hybridized carbons (Fsp3) is 0.333.